The average molecular weight is 267 g/mol. The van der Waals surface area contributed by atoms with E-state index >= 15 is 0 Å². The van der Waals surface area contributed by atoms with E-state index in [0.29, 0.717) is 6.04 Å². The van der Waals surface area contributed by atoms with E-state index in [1.807, 2.05) is 23.9 Å². The van der Waals surface area contributed by atoms with Crippen LogP contribution in [0, 0.1) is 0 Å². The lowest BCUT2D eigenvalue weighted by Crippen LogP contribution is -2.25. The molecule has 0 fully saturated rings. The Balaban J connectivity index is 2.83. The Bertz CT molecular complexity index is 360. The number of rotatable bonds is 6. The summed E-state index contributed by atoms with van der Waals surface area (Å²) in [6, 6.07) is 8.61. The zero-order valence-electron chi connectivity index (χ0n) is 12.1. The maximum Gasteiger partial charge on any atom is 0.123 e. The molecule has 1 N–H and O–H groups in total. The first-order valence-corrected chi connectivity index (χ1v) is 7.46. The van der Waals surface area contributed by atoms with Gasteiger partial charge >= 0.3 is 0 Å². The molecule has 1 aromatic rings. The fourth-order valence-corrected chi connectivity index (χ4v) is 2.76. The third-order valence-corrected chi connectivity index (χ3v) is 4.01. The van der Waals surface area contributed by atoms with Crippen LogP contribution in [0.25, 0.3) is 0 Å². The number of ether oxygens (including phenoxy) is 1. The topological polar surface area (TPSA) is 21.3 Å². The second-order valence-electron chi connectivity index (χ2n) is 5.28. The van der Waals surface area contributed by atoms with Crippen molar-refractivity contribution in [2.75, 3.05) is 19.4 Å². The molecular formula is C15H25NOS. The zero-order chi connectivity index (χ0) is 13.6. The minimum Gasteiger partial charge on any atom is -0.496 e. The summed E-state index contributed by atoms with van der Waals surface area (Å²) < 4.78 is 5.74. The molecule has 1 rings (SSSR count). The molecule has 0 radical (unpaired) electrons. The molecular weight excluding hydrogens is 242 g/mol. The van der Waals surface area contributed by atoms with Crippen molar-refractivity contribution in [3.05, 3.63) is 29.8 Å². The SMILES string of the molecule is CCNC(CSC(C)(C)C)c1ccccc1OC. The second-order valence-corrected chi connectivity index (χ2v) is 7.12. The fraction of sp³-hybridized carbons (Fsp3) is 0.600. The van der Waals surface area contributed by atoms with Crippen molar-refractivity contribution < 1.29 is 4.74 Å². The predicted octanol–water partition coefficient (Wildman–Crippen LogP) is 3.88. The van der Waals surface area contributed by atoms with Gasteiger partial charge in [-0.1, -0.05) is 45.9 Å². The average Bonchev–Trinajstić information content (AvgIpc) is 2.33. The summed E-state index contributed by atoms with van der Waals surface area (Å²) in [4.78, 5) is 0. The lowest BCUT2D eigenvalue weighted by Gasteiger charge is -2.25. The predicted molar refractivity (Wildman–Crippen MR) is 81.6 cm³/mol. The Morgan fingerprint density at radius 2 is 1.94 bits per heavy atom. The number of thioether (sulfide) groups is 1. The van der Waals surface area contributed by atoms with Gasteiger partial charge in [0.2, 0.25) is 0 Å². The maximum absolute atomic E-state index is 5.46. The Morgan fingerprint density at radius 1 is 1.28 bits per heavy atom. The van der Waals surface area contributed by atoms with E-state index in [-0.39, 0.29) is 4.75 Å². The molecule has 18 heavy (non-hydrogen) atoms. The summed E-state index contributed by atoms with van der Waals surface area (Å²) in [5, 5.41) is 3.55. The van der Waals surface area contributed by atoms with Crippen LogP contribution < -0.4 is 10.1 Å². The highest BCUT2D eigenvalue weighted by Crippen LogP contribution is 2.32. The highest BCUT2D eigenvalue weighted by atomic mass is 32.2. The quantitative estimate of drug-likeness (QED) is 0.845. The molecule has 0 amide bonds. The molecule has 0 aromatic heterocycles. The Labute approximate surface area is 116 Å². The Hall–Kier alpha value is -0.670. The maximum atomic E-state index is 5.46. The zero-order valence-corrected chi connectivity index (χ0v) is 12.9. The molecule has 1 aromatic carbocycles. The molecule has 1 unspecified atom stereocenters. The molecule has 0 aliphatic heterocycles. The summed E-state index contributed by atoms with van der Waals surface area (Å²) in [6.07, 6.45) is 0. The smallest absolute Gasteiger partial charge is 0.123 e. The van der Waals surface area contributed by atoms with E-state index in [1.165, 1.54) is 5.56 Å². The lowest BCUT2D eigenvalue weighted by molar-refractivity contribution is 0.403. The van der Waals surface area contributed by atoms with E-state index in [0.717, 1.165) is 18.0 Å². The molecule has 0 bridgehead atoms. The van der Waals surface area contributed by atoms with Crippen molar-refractivity contribution in [1.82, 2.24) is 5.32 Å². The molecule has 0 spiro atoms. The first-order valence-electron chi connectivity index (χ1n) is 6.48. The van der Waals surface area contributed by atoms with Crippen LogP contribution in [-0.4, -0.2) is 24.2 Å². The number of hydrogen-bond acceptors (Lipinski definition) is 3. The normalized spacial score (nSPS) is 13.4. The van der Waals surface area contributed by atoms with Gasteiger partial charge in [0.25, 0.3) is 0 Å². The van der Waals surface area contributed by atoms with E-state index in [2.05, 4.69) is 45.1 Å². The van der Waals surface area contributed by atoms with E-state index < -0.39 is 0 Å². The van der Waals surface area contributed by atoms with Crippen LogP contribution in [0.3, 0.4) is 0 Å². The van der Waals surface area contributed by atoms with Gasteiger partial charge in [0.15, 0.2) is 0 Å². The molecule has 3 heteroatoms. The summed E-state index contributed by atoms with van der Waals surface area (Å²) in [7, 11) is 1.73. The fourth-order valence-electron chi connectivity index (χ4n) is 1.79. The Morgan fingerprint density at radius 3 is 2.50 bits per heavy atom. The standard InChI is InChI=1S/C15H25NOS/c1-6-16-13(11-18-15(2,3)4)12-9-7-8-10-14(12)17-5/h7-10,13,16H,6,11H2,1-5H3. The molecule has 2 nitrogen and oxygen atoms in total. The first kappa shape index (κ1) is 15.4. The van der Waals surface area contributed by atoms with Gasteiger partial charge in [0.05, 0.1) is 7.11 Å². The van der Waals surface area contributed by atoms with Crippen LogP contribution in [0.5, 0.6) is 5.75 Å². The van der Waals surface area contributed by atoms with Crippen LogP contribution in [-0.2, 0) is 0 Å². The number of hydrogen-bond donors (Lipinski definition) is 1. The summed E-state index contributed by atoms with van der Waals surface area (Å²) in [5.41, 5.74) is 1.25. The third kappa shape index (κ3) is 4.91. The van der Waals surface area contributed by atoms with Crippen molar-refractivity contribution in [2.45, 2.75) is 38.5 Å². The van der Waals surface area contributed by atoms with Crippen LogP contribution >= 0.6 is 11.8 Å². The van der Waals surface area contributed by atoms with Crippen molar-refractivity contribution in [1.29, 1.82) is 0 Å². The molecule has 0 saturated carbocycles. The highest BCUT2D eigenvalue weighted by molar-refractivity contribution is 8.00. The Kier molecular flexibility index (Phi) is 6.03. The van der Waals surface area contributed by atoms with Crippen LogP contribution in [0.4, 0.5) is 0 Å². The summed E-state index contributed by atoms with van der Waals surface area (Å²) in [5.74, 6) is 2.02. The molecule has 1 atom stereocenters. The minimum absolute atomic E-state index is 0.287. The minimum atomic E-state index is 0.287. The number of methoxy groups -OCH3 is 1. The van der Waals surface area contributed by atoms with E-state index in [1.54, 1.807) is 7.11 Å². The van der Waals surface area contributed by atoms with Gasteiger partial charge in [0.1, 0.15) is 5.75 Å². The van der Waals surface area contributed by atoms with Gasteiger partial charge in [-0.2, -0.15) is 11.8 Å². The lowest BCUT2D eigenvalue weighted by atomic mass is 10.1. The number of benzene rings is 1. The van der Waals surface area contributed by atoms with Gasteiger partial charge in [-0.3, -0.25) is 0 Å². The number of nitrogens with one attached hydrogen (secondary N) is 1. The van der Waals surface area contributed by atoms with Crippen LogP contribution in [0.2, 0.25) is 0 Å². The molecule has 0 aliphatic carbocycles. The van der Waals surface area contributed by atoms with Gasteiger partial charge in [0, 0.05) is 22.1 Å². The van der Waals surface area contributed by atoms with Crippen molar-refractivity contribution in [2.24, 2.45) is 0 Å². The van der Waals surface area contributed by atoms with Gasteiger partial charge < -0.3 is 10.1 Å². The summed E-state index contributed by atoms with van der Waals surface area (Å²) in [6.45, 7) is 9.87. The largest absolute Gasteiger partial charge is 0.496 e. The van der Waals surface area contributed by atoms with Crippen LogP contribution in [0.1, 0.15) is 39.3 Å². The first-order chi connectivity index (χ1) is 8.48. The van der Waals surface area contributed by atoms with Gasteiger partial charge in [-0.15, -0.1) is 0 Å². The van der Waals surface area contributed by atoms with Crippen LogP contribution in [0.15, 0.2) is 24.3 Å². The van der Waals surface area contributed by atoms with Crippen molar-refractivity contribution in [3.8, 4) is 5.75 Å². The molecule has 102 valence electrons. The summed E-state index contributed by atoms with van der Waals surface area (Å²) >= 11 is 1.98. The van der Waals surface area contributed by atoms with Crippen molar-refractivity contribution in [3.63, 3.8) is 0 Å². The molecule has 0 heterocycles. The van der Waals surface area contributed by atoms with Gasteiger partial charge in [-0.05, 0) is 12.6 Å². The van der Waals surface area contributed by atoms with E-state index in [9.17, 15) is 0 Å². The highest BCUT2D eigenvalue weighted by Gasteiger charge is 2.18. The molecule has 0 saturated heterocycles. The van der Waals surface area contributed by atoms with E-state index in [4.69, 9.17) is 4.74 Å². The second kappa shape index (κ2) is 7.05. The van der Waals surface area contributed by atoms with Gasteiger partial charge in [-0.25, -0.2) is 0 Å². The number of para-hydroxylation sites is 1. The van der Waals surface area contributed by atoms with Crippen molar-refractivity contribution >= 4 is 11.8 Å². The molecule has 0 aliphatic rings. The third-order valence-electron chi connectivity index (χ3n) is 2.65. The monoisotopic (exact) mass is 267 g/mol.